The smallest absolute Gasteiger partial charge is 0.328 e. The normalized spacial score (nSPS) is 9.87. The summed E-state index contributed by atoms with van der Waals surface area (Å²) in [6.45, 7) is 0. The van der Waals surface area contributed by atoms with E-state index in [1.54, 1.807) is 18.2 Å². The van der Waals surface area contributed by atoms with Gasteiger partial charge in [-0.1, -0.05) is 0 Å². The molecule has 1 N–H and O–H groups in total. The van der Waals surface area contributed by atoms with E-state index in [0.29, 0.717) is 16.9 Å². The van der Waals surface area contributed by atoms with Crippen molar-refractivity contribution in [2.75, 3.05) is 7.11 Å². The van der Waals surface area contributed by atoms with Gasteiger partial charge in [-0.25, -0.2) is 4.79 Å². The molecule has 1 aromatic rings. The number of hydrogen-bond donors (Lipinski definition) is 1. The molecule has 0 fully saturated rings. The highest BCUT2D eigenvalue weighted by molar-refractivity contribution is 5.86. The number of hydrogen-bond acceptors (Lipinski definition) is 3. The van der Waals surface area contributed by atoms with E-state index in [1.807, 2.05) is 6.07 Å². The molecule has 0 radical (unpaired) electrons. The number of carboxylic acid groups (broad SMARTS) is 1. The van der Waals surface area contributed by atoms with Crippen molar-refractivity contribution in [3.63, 3.8) is 0 Å². The van der Waals surface area contributed by atoms with E-state index in [2.05, 4.69) is 0 Å². The van der Waals surface area contributed by atoms with Crippen molar-refractivity contribution < 1.29 is 14.6 Å². The van der Waals surface area contributed by atoms with Gasteiger partial charge < -0.3 is 9.84 Å². The van der Waals surface area contributed by atoms with Crippen molar-refractivity contribution in [1.29, 1.82) is 5.26 Å². The number of benzene rings is 1. The Morgan fingerprint density at radius 2 is 2.33 bits per heavy atom. The lowest BCUT2D eigenvalue weighted by Gasteiger charge is -2.04. The monoisotopic (exact) mass is 203 g/mol. The van der Waals surface area contributed by atoms with Gasteiger partial charge in [0.1, 0.15) is 5.75 Å². The highest BCUT2D eigenvalue weighted by Gasteiger charge is 2.01. The average Bonchev–Trinajstić information content (AvgIpc) is 2.25. The van der Waals surface area contributed by atoms with Gasteiger partial charge >= 0.3 is 5.97 Å². The van der Waals surface area contributed by atoms with Gasteiger partial charge in [-0.05, 0) is 24.3 Å². The van der Waals surface area contributed by atoms with Crippen molar-refractivity contribution >= 4 is 12.0 Å². The van der Waals surface area contributed by atoms with Crippen LogP contribution in [-0.4, -0.2) is 18.2 Å². The van der Waals surface area contributed by atoms with E-state index >= 15 is 0 Å². The maximum atomic E-state index is 10.3. The first-order chi connectivity index (χ1) is 7.17. The molecule has 0 amide bonds. The van der Waals surface area contributed by atoms with Crippen molar-refractivity contribution in [2.45, 2.75) is 0 Å². The van der Waals surface area contributed by atoms with Crippen LogP contribution >= 0.6 is 0 Å². The maximum Gasteiger partial charge on any atom is 0.328 e. The summed E-state index contributed by atoms with van der Waals surface area (Å²) in [5, 5.41) is 17.1. The Kier molecular flexibility index (Phi) is 3.47. The van der Waals surface area contributed by atoms with Crippen LogP contribution in [0.3, 0.4) is 0 Å². The van der Waals surface area contributed by atoms with Crippen LogP contribution in [0.15, 0.2) is 24.3 Å². The predicted molar refractivity (Wildman–Crippen MR) is 54.4 cm³/mol. The number of aliphatic carboxylic acids is 1. The molecule has 0 spiro atoms. The number of methoxy groups -OCH3 is 1. The Morgan fingerprint density at radius 3 is 2.87 bits per heavy atom. The second kappa shape index (κ2) is 4.82. The van der Waals surface area contributed by atoms with Gasteiger partial charge in [0.2, 0.25) is 0 Å². The Morgan fingerprint density at radius 1 is 1.60 bits per heavy atom. The standard InChI is InChI=1S/C11H9NO3/c1-15-10-6-8(7-12)2-3-9(10)4-5-11(13)14/h2-6H,1H3,(H,13,14). The largest absolute Gasteiger partial charge is 0.496 e. The molecule has 0 atom stereocenters. The zero-order valence-corrected chi connectivity index (χ0v) is 8.10. The molecule has 0 aliphatic rings. The minimum Gasteiger partial charge on any atom is -0.496 e. The summed E-state index contributed by atoms with van der Waals surface area (Å²) < 4.78 is 5.02. The van der Waals surface area contributed by atoms with Crippen molar-refractivity contribution in [2.24, 2.45) is 0 Å². The number of ether oxygens (including phenoxy) is 1. The van der Waals surface area contributed by atoms with Crippen LogP contribution in [0, 0.1) is 11.3 Å². The molecule has 0 bridgehead atoms. The highest BCUT2D eigenvalue weighted by atomic mass is 16.5. The molecule has 1 aromatic carbocycles. The predicted octanol–water partition coefficient (Wildman–Crippen LogP) is 1.66. The van der Waals surface area contributed by atoms with E-state index in [-0.39, 0.29) is 0 Å². The fraction of sp³-hybridized carbons (Fsp3) is 0.0909. The first kappa shape index (κ1) is 10.8. The topological polar surface area (TPSA) is 70.3 Å². The van der Waals surface area contributed by atoms with Crippen LogP contribution in [0.1, 0.15) is 11.1 Å². The molecule has 0 aliphatic heterocycles. The molecule has 1 rings (SSSR count). The summed E-state index contributed by atoms with van der Waals surface area (Å²) in [6.07, 6.45) is 2.44. The van der Waals surface area contributed by atoms with Crippen LogP contribution in [0.25, 0.3) is 6.08 Å². The minimum atomic E-state index is -1.03. The zero-order chi connectivity index (χ0) is 11.3. The summed E-state index contributed by atoms with van der Waals surface area (Å²) in [6, 6.07) is 6.77. The number of carbonyl (C=O) groups is 1. The molecule has 4 heteroatoms. The van der Waals surface area contributed by atoms with Gasteiger partial charge in [0, 0.05) is 11.6 Å². The van der Waals surface area contributed by atoms with Gasteiger partial charge in [-0.2, -0.15) is 5.26 Å². The second-order valence-corrected chi connectivity index (χ2v) is 2.74. The Hall–Kier alpha value is -2.28. The SMILES string of the molecule is COc1cc(C#N)ccc1C=CC(=O)O. The van der Waals surface area contributed by atoms with Crippen molar-refractivity contribution in [1.82, 2.24) is 0 Å². The lowest BCUT2D eigenvalue weighted by Crippen LogP contribution is -1.90. The van der Waals surface area contributed by atoms with Crippen LogP contribution in [0.5, 0.6) is 5.75 Å². The Balaban J connectivity index is 3.09. The minimum absolute atomic E-state index is 0.472. The Bertz CT molecular complexity index is 444. The fourth-order valence-electron chi connectivity index (χ4n) is 1.08. The van der Waals surface area contributed by atoms with Crippen molar-refractivity contribution in [3.8, 4) is 11.8 Å². The molecule has 0 unspecified atom stereocenters. The van der Waals surface area contributed by atoms with Gasteiger partial charge in [0.05, 0.1) is 18.7 Å². The van der Waals surface area contributed by atoms with Gasteiger partial charge in [0.25, 0.3) is 0 Å². The average molecular weight is 203 g/mol. The number of rotatable bonds is 3. The molecular formula is C11H9NO3. The van der Waals surface area contributed by atoms with Crippen LogP contribution in [-0.2, 0) is 4.79 Å². The number of nitrogens with zero attached hydrogens (tertiary/aromatic N) is 1. The third-order valence-electron chi connectivity index (χ3n) is 1.77. The molecule has 76 valence electrons. The maximum absolute atomic E-state index is 10.3. The summed E-state index contributed by atoms with van der Waals surface area (Å²) in [5.74, 6) is -0.548. The molecule has 0 aliphatic carbocycles. The summed E-state index contributed by atoms with van der Waals surface area (Å²) in [5.41, 5.74) is 1.10. The number of nitriles is 1. The lowest BCUT2D eigenvalue weighted by atomic mass is 10.1. The molecule has 0 saturated carbocycles. The number of carboxylic acids is 1. The summed E-state index contributed by atoms with van der Waals surface area (Å²) in [4.78, 5) is 10.3. The third-order valence-corrected chi connectivity index (χ3v) is 1.77. The molecule has 4 nitrogen and oxygen atoms in total. The van der Waals surface area contributed by atoms with E-state index in [4.69, 9.17) is 15.1 Å². The van der Waals surface area contributed by atoms with E-state index in [1.165, 1.54) is 13.2 Å². The quantitative estimate of drug-likeness (QED) is 0.758. The van der Waals surface area contributed by atoms with E-state index in [0.717, 1.165) is 6.08 Å². The van der Waals surface area contributed by atoms with Gasteiger partial charge in [0.15, 0.2) is 0 Å². The Labute approximate surface area is 87.0 Å². The van der Waals surface area contributed by atoms with Gasteiger partial charge in [-0.3, -0.25) is 0 Å². The van der Waals surface area contributed by atoms with Crippen LogP contribution < -0.4 is 4.74 Å². The molecule has 0 aromatic heterocycles. The fourth-order valence-corrected chi connectivity index (χ4v) is 1.08. The second-order valence-electron chi connectivity index (χ2n) is 2.74. The molecular weight excluding hydrogens is 194 g/mol. The van der Waals surface area contributed by atoms with E-state index in [9.17, 15) is 4.79 Å². The molecule has 15 heavy (non-hydrogen) atoms. The third kappa shape index (κ3) is 2.85. The highest BCUT2D eigenvalue weighted by Crippen LogP contribution is 2.21. The van der Waals surface area contributed by atoms with Gasteiger partial charge in [-0.15, -0.1) is 0 Å². The lowest BCUT2D eigenvalue weighted by molar-refractivity contribution is -0.131. The van der Waals surface area contributed by atoms with Crippen LogP contribution in [0.4, 0.5) is 0 Å². The molecule has 0 saturated heterocycles. The van der Waals surface area contributed by atoms with E-state index < -0.39 is 5.97 Å². The zero-order valence-electron chi connectivity index (χ0n) is 8.10. The summed E-state index contributed by atoms with van der Waals surface area (Å²) in [7, 11) is 1.47. The van der Waals surface area contributed by atoms with Crippen LogP contribution in [0.2, 0.25) is 0 Å². The van der Waals surface area contributed by atoms with Crippen molar-refractivity contribution in [3.05, 3.63) is 35.4 Å². The first-order valence-corrected chi connectivity index (χ1v) is 4.16. The summed E-state index contributed by atoms with van der Waals surface area (Å²) >= 11 is 0. The molecule has 0 heterocycles. The first-order valence-electron chi connectivity index (χ1n) is 4.16.